The van der Waals surface area contributed by atoms with Crippen LogP contribution in [0.1, 0.15) is 42.0 Å². The largest absolute Gasteiger partial charge is 0.481 e. The van der Waals surface area contributed by atoms with Gasteiger partial charge in [0.2, 0.25) is 0 Å². The van der Waals surface area contributed by atoms with Crippen LogP contribution in [0.5, 0.6) is 0 Å². The first-order valence-electron chi connectivity index (χ1n) is 9.84. The number of aromatic nitrogens is 1. The summed E-state index contributed by atoms with van der Waals surface area (Å²) in [4.78, 5) is 11.3. The second-order valence-electron chi connectivity index (χ2n) is 7.57. The second-order valence-corrected chi connectivity index (χ2v) is 7.57. The minimum Gasteiger partial charge on any atom is -0.481 e. The average molecular weight is 399 g/mol. The number of aliphatic carboxylic acids is 1. The fourth-order valence-electron chi connectivity index (χ4n) is 4.29. The summed E-state index contributed by atoms with van der Waals surface area (Å²) in [6.07, 6.45) is 1.89. The zero-order valence-corrected chi connectivity index (χ0v) is 16.3. The van der Waals surface area contributed by atoms with E-state index < -0.39 is 5.97 Å². The lowest BCUT2D eigenvalue weighted by atomic mass is 9.91. The van der Waals surface area contributed by atoms with Gasteiger partial charge in [-0.15, -0.1) is 0 Å². The molecule has 4 rings (SSSR count). The molecule has 2 aromatic carbocycles. The molecule has 0 saturated carbocycles. The van der Waals surface area contributed by atoms with Crippen LogP contribution < -0.4 is 0 Å². The maximum absolute atomic E-state index is 14.1. The van der Waals surface area contributed by atoms with Gasteiger partial charge < -0.3 is 14.4 Å². The van der Waals surface area contributed by atoms with Gasteiger partial charge in [-0.1, -0.05) is 0 Å². The van der Waals surface area contributed by atoms with Crippen molar-refractivity contribution in [3.8, 4) is 5.69 Å². The average Bonchev–Trinajstić information content (AvgIpc) is 3.02. The summed E-state index contributed by atoms with van der Waals surface area (Å²) >= 11 is 0. The Bertz CT molecular complexity index is 1070. The van der Waals surface area contributed by atoms with Crippen molar-refractivity contribution in [2.75, 3.05) is 13.2 Å². The topological polar surface area (TPSA) is 51.5 Å². The van der Waals surface area contributed by atoms with Crippen LogP contribution in [-0.4, -0.2) is 28.9 Å². The lowest BCUT2D eigenvalue weighted by Gasteiger charge is -2.26. The first kappa shape index (κ1) is 19.6. The predicted molar refractivity (Wildman–Crippen MR) is 107 cm³/mol. The van der Waals surface area contributed by atoms with Gasteiger partial charge in [0.25, 0.3) is 0 Å². The number of hydrogen-bond acceptors (Lipinski definition) is 2. The molecule has 3 aromatic rings. The van der Waals surface area contributed by atoms with Gasteiger partial charge in [-0.3, -0.25) is 4.79 Å². The number of fused-ring (bicyclic) bond motifs is 1. The lowest BCUT2D eigenvalue weighted by Crippen LogP contribution is -2.18. The van der Waals surface area contributed by atoms with E-state index in [2.05, 4.69) is 0 Å². The van der Waals surface area contributed by atoms with Crippen molar-refractivity contribution >= 4 is 16.9 Å². The predicted octanol–water partition coefficient (Wildman–Crippen LogP) is 5.13. The van der Waals surface area contributed by atoms with Gasteiger partial charge in [-0.25, -0.2) is 8.78 Å². The molecule has 152 valence electrons. The number of aryl methyl sites for hydroxylation is 2. The Hall–Kier alpha value is -2.73. The normalized spacial score (nSPS) is 15.1. The summed E-state index contributed by atoms with van der Waals surface area (Å²) < 4.78 is 35.6. The Morgan fingerprint density at radius 3 is 2.62 bits per heavy atom. The van der Waals surface area contributed by atoms with Crippen molar-refractivity contribution in [3.63, 3.8) is 0 Å². The van der Waals surface area contributed by atoms with E-state index in [0.717, 1.165) is 40.7 Å². The molecule has 0 amide bonds. The van der Waals surface area contributed by atoms with Crippen LogP contribution >= 0.6 is 0 Å². The van der Waals surface area contributed by atoms with E-state index >= 15 is 0 Å². The number of carboxylic acids is 1. The van der Waals surface area contributed by atoms with Crippen LogP contribution in [0.2, 0.25) is 0 Å². The van der Waals surface area contributed by atoms with Crippen LogP contribution in [0, 0.1) is 18.6 Å². The summed E-state index contributed by atoms with van der Waals surface area (Å²) in [7, 11) is 0. The third kappa shape index (κ3) is 3.77. The Labute approximate surface area is 167 Å². The maximum atomic E-state index is 14.1. The minimum absolute atomic E-state index is 0.0334. The smallest absolute Gasteiger partial charge is 0.303 e. The van der Waals surface area contributed by atoms with Crippen molar-refractivity contribution in [3.05, 3.63) is 64.9 Å². The molecule has 1 fully saturated rings. The molecular formula is C23H23F2NO3. The molecule has 4 nitrogen and oxygen atoms in total. The quantitative estimate of drug-likeness (QED) is 0.647. The monoisotopic (exact) mass is 399 g/mol. The molecule has 0 atom stereocenters. The van der Waals surface area contributed by atoms with Gasteiger partial charge in [0.1, 0.15) is 11.6 Å². The summed E-state index contributed by atoms with van der Waals surface area (Å²) in [5.74, 6) is -1.37. The van der Waals surface area contributed by atoms with E-state index in [1.807, 2.05) is 4.57 Å². The molecule has 1 aromatic heterocycles. The van der Waals surface area contributed by atoms with Gasteiger partial charge in [0, 0.05) is 42.3 Å². The Kier molecular flexibility index (Phi) is 5.37. The Balaban J connectivity index is 2.00. The van der Waals surface area contributed by atoms with Gasteiger partial charge >= 0.3 is 5.97 Å². The molecule has 0 spiro atoms. The molecular weight excluding hydrogens is 376 g/mol. The summed E-state index contributed by atoms with van der Waals surface area (Å²) in [6, 6.07) is 9.53. The third-order valence-electron chi connectivity index (χ3n) is 5.67. The number of nitrogens with zero attached hydrogens (tertiary/aromatic N) is 1. The summed E-state index contributed by atoms with van der Waals surface area (Å²) in [5.41, 5.74) is 3.97. The van der Waals surface area contributed by atoms with Crippen molar-refractivity contribution in [2.24, 2.45) is 0 Å². The number of rotatable bonds is 5. The highest BCUT2D eigenvalue weighted by molar-refractivity contribution is 5.88. The van der Waals surface area contributed by atoms with Crippen molar-refractivity contribution in [1.29, 1.82) is 0 Å². The molecule has 1 N–H and O–H groups in total. The van der Waals surface area contributed by atoms with Crippen LogP contribution in [-0.2, 0) is 16.0 Å². The standard InChI is InChI=1S/C23H23F2NO3/c1-14-12-17(3-5-20(14)25)26-21-6-2-16(24)13-19(21)18(4-7-22(27)28)23(26)15-8-10-29-11-9-15/h2-3,5-6,12-13,15H,4,7-11H2,1H3,(H,27,28). The van der Waals surface area contributed by atoms with Crippen molar-refractivity contribution < 1.29 is 23.4 Å². The molecule has 1 aliphatic rings. The molecule has 0 bridgehead atoms. The number of carbonyl (C=O) groups is 1. The molecule has 0 radical (unpaired) electrons. The second kappa shape index (κ2) is 7.95. The Morgan fingerprint density at radius 2 is 1.93 bits per heavy atom. The molecule has 2 heterocycles. The van der Waals surface area contributed by atoms with E-state index in [9.17, 15) is 18.7 Å². The third-order valence-corrected chi connectivity index (χ3v) is 5.67. The van der Waals surface area contributed by atoms with Crippen LogP contribution in [0.15, 0.2) is 36.4 Å². The Morgan fingerprint density at radius 1 is 1.17 bits per heavy atom. The number of benzene rings is 2. The minimum atomic E-state index is -0.891. The lowest BCUT2D eigenvalue weighted by molar-refractivity contribution is -0.136. The van der Waals surface area contributed by atoms with Crippen LogP contribution in [0.4, 0.5) is 8.78 Å². The summed E-state index contributed by atoms with van der Waals surface area (Å²) in [5, 5.41) is 9.97. The van der Waals surface area contributed by atoms with E-state index in [1.54, 1.807) is 25.1 Å². The zero-order valence-electron chi connectivity index (χ0n) is 16.3. The highest BCUT2D eigenvalue weighted by Crippen LogP contribution is 2.39. The van der Waals surface area contributed by atoms with Crippen molar-refractivity contribution in [1.82, 2.24) is 4.57 Å². The fourth-order valence-corrected chi connectivity index (χ4v) is 4.29. The molecule has 0 unspecified atom stereocenters. The number of hydrogen-bond donors (Lipinski definition) is 1. The summed E-state index contributed by atoms with van der Waals surface area (Å²) in [6.45, 7) is 2.96. The number of halogens is 2. The first-order chi connectivity index (χ1) is 14.0. The molecule has 0 aliphatic carbocycles. The van der Waals surface area contributed by atoms with Gasteiger partial charge in [0.05, 0.1) is 5.52 Å². The molecule has 1 saturated heterocycles. The SMILES string of the molecule is Cc1cc(-n2c(C3CCOCC3)c(CCC(=O)O)c3cc(F)ccc32)ccc1F. The van der Waals surface area contributed by atoms with Gasteiger partial charge in [0.15, 0.2) is 0 Å². The van der Waals surface area contributed by atoms with Crippen molar-refractivity contribution in [2.45, 2.75) is 38.5 Å². The molecule has 29 heavy (non-hydrogen) atoms. The van der Waals surface area contributed by atoms with Crippen LogP contribution in [0.25, 0.3) is 16.6 Å². The fraction of sp³-hybridized carbons (Fsp3) is 0.348. The maximum Gasteiger partial charge on any atom is 0.303 e. The van der Waals surface area contributed by atoms with E-state index in [0.29, 0.717) is 25.2 Å². The van der Waals surface area contributed by atoms with Gasteiger partial charge in [-0.05, 0) is 73.7 Å². The number of ether oxygens (including phenoxy) is 1. The molecule has 1 aliphatic heterocycles. The van der Waals surface area contributed by atoms with Gasteiger partial charge in [-0.2, -0.15) is 0 Å². The van der Waals surface area contributed by atoms with E-state index in [4.69, 9.17) is 4.74 Å². The van der Waals surface area contributed by atoms with E-state index in [-0.39, 0.29) is 24.0 Å². The van der Waals surface area contributed by atoms with Crippen LogP contribution in [0.3, 0.4) is 0 Å². The number of carboxylic acid groups (broad SMARTS) is 1. The highest BCUT2D eigenvalue weighted by Gasteiger charge is 2.27. The molecule has 6 heteroatoms. The first-order valence-corrected chi connectivity index (χ1v) is 9.84. The highest BCUT2D eigenvalue weighted by atomic mass is 19.1. The zero-order chi connectivity index (χ0) is 20.5. The van der Waals surface area contributed by atoms with E-state index in [1.165, 1.54) is 18.2 Å².